The van der Waals surface area contributed by atoms with Crippen LogP contribution >= 0.6 is 11.3 Å². The second-order valence-electron chi connectivity index (χ2n) is 6.43. The van der Waals surface area contributed by atoms with Gasteiger partial charge in [-0.2, -0.15) is 0 Å². The molecule has 2 rings (SSSR count). The standard InChI is InChI=1S/C17H24N2OS/c1-12(2)20-14-8-6-13(7-9-14)18-10-15-11-19-16(21-15)17(3,4)5/h6-9,11-12,18H,10H2,1-5H3. The first kappa shape index (κ1) is 15.8. The lowest BCUT2D eigenvalue weighted by Crippen LogP contribution is -2.09. The molecule has 114 valence electrons. The predicted octanol–water partition coefficient (Wildman–Crippen LogP) is 4.84. The zero-order valence-corrected chi connectivity index (χ0v) is 14.3. The van der Waals surface area contributed by atoms with Crippen LogP contribution in [-0.2, 0) is 12.0 Å². The van der Waals surface area contributed by atoms with E-state index >= 15 is 0 Å². The van der Waals surface area contributed by atoms with Gasteiger partial charge >= 0.3 is 0 Å². The van der Waals surface area contributed by atoms with Gasteiger partial charge in [-0.15, -0.1) is 11.3 Å². The maximum absolute atomic E-state index is 5.64. The molecule has 1 N–H and O–H groups in total. The minimum absolute atomic E-state index is 0.124. The van der Waals surface area contributed by atoms with Gasteiger partial charge in [0.15, 0.2) is 0 Å². The molecule has 0 aliphatic heterocycles. The Labute approximate surface area is 131 Å². The van der Waals surface area contributed by atoms with E-state index in [1.807, 2.05) is 44.3 Å². The Kier molecular flexibility index (Phi) is 4.88. The van der Waals surface area contributed by atoms with Crippen LogP contribution in [-0.4, -0.2) is 11.1 Å². The Bertz CT molecular complexity index is 567. The third-order valence-electron chi connectivity index (χ3n) is 2.89. The monoisotopic (exact) mass is 304 g/mol. The summed E-state index contributed by atoms with van der Waals surface area (Å²) in [5.41, 5.74) is 1.22. The van der Waals surface area contributed by atoms with Crippen LogP contribution in [0.3, 0.4) is 0 Å². The largest absolute Gasteiger partial charge is 0.491 e. The number of hydrogen-bond acceptors (Lipinski definition) is 4. The Morgan fingerprint density at radius 2 is 1.86 bits per heavy atom. The highest BCUT2D eigenvalue weighted by atomic mass is 32.1. The molecule has 4 heteroatoms. The fraction of sp³-hybridized carbons (Fsp3) is 0.471. The van der Waals surface area contributed by atoms with Crippen molar-refractivity contribution in [3.05, 3.63) is 40.3 Å². The van der Waals surface area contributed by atoms with E-state index in [0.29, 0.717) is 0 Å². The molecule has 0 atom stereocenters. The van der Waals surface area contributed by atoms with Crippen LogP contribution in [0.5, 0.6) is 5.75 Å². The first-order valence-electron chi connectivity index (χ1n) is 7.30. The fourth-order valence-electron chi connectivity index (χ4n) is 1.85. The molecule has 1 aromatic heterocycles. The number of ether oxygens (including phenoxy) is 1. The van der Waals surface area contributed by atoms with E-state index in [2.05, 4.69) is 31.1 Å². The first-order valence-corrected chi connectivity index (χ1v) is 8.12. The number of aromatic nitrogens is 1. The van der Waals surface area contributed by atoms with Crippen molar-refractivity contribution in [1.29, 1.82) is 0 Å². The van der Waals surface area contributed by atoms with E-state index in [9.17, 15) is 0 Å². The maximum atomic E-state index is 5.64. The summed E-state index contributed by atoms with van der Waals surface area (Å²) in [5, 5.41) is 4.60. The number of nitrogens with one attached hydrogen (secondary N) is 1. The quantitative estimate of drug-likeness (QED) is 0.858. The van der Waals surface area contributed by atoms with E-state index < -0.39 is 0 Å². The lowest BCUT2D eigenvalue weighted by atomic mass is 9.98. The molecule has 0 saturated heterocycles. The lowest BCUT2D eigenvalue weighted by molar-refractivity contribution is 0.242. The molecule has 0 saturated carbocycles. The van der Waals surface area contributed by atoms with Gasteiger partial charge in [-0.3, -0.25) is 0 Å². The third kappa shape index (κ3) is 4.74. The van der Waals surface area contributed by atoms with Crippen LogP contribution in [0.4, 0.5) is 5.69 Å². The summed E-state index contributed by atoms with van der Waals surface area (Å²) in [5.74, 6) is 0.906. The van der Waals surface area contributed by atoms with Crippen molar-refractivity contribution in [3.8, 4) is 5.75 Å². The molecule has 0 unspecified atom stereocenters. The van der Waals surface area contributed by atoms with Crippen LogP contribution < -0.4 is 10.1 Å². The van der Waals surface area contributed by atoms with E-state index in [0.717, 1.165) is 18.0 Å². The van der Waals surface area contributed by atoms with E-state index in [-0.39, 0.29) is 11.5 Å². The molecular weight excluding hydrogens is 280 g/mol. The minimum Gasteiger partial charge on any atom is -0.491 e. The molecule has 0 aliphatic carbocycles. The molecule has 21 heavy (non-hydrogen) atoms. The summed E-state index contributed by atoms with van der Waals surface area (Å²) in [6, 6.07) is 8.08. The average molecular weight is 304 g/mol. The molecule has 2 aromatic rings. The van der Waals surface area contributed by atoms with Crippen LogP contribution in [0.2, 0.25) is 0 Å². The van der Waals surface area contributed by atoms with Crippen molar-refractivity contribution in [3.63, 3.8) is 0 Å². The van der Waals surface area contributed by atoms with Crippen molar-refractivity contribution in [1.82, 2.24) is 4.98 Å². The smallest absolute Gasteiger partial charge is 0.119 e. The molecule has 0 bridgehead atoms. The molecule has 0 aliphatic rings. The average Bonchev–Trinajstić information content (AvgIpc) is 2.86. The highest BCUT2D eigenvalue weighted by Gasteiger charge is 2.17. The Morgan fingerprint density at radius 3 is 2.38 bits per heavy atom. The van der Waals surface area contributed by atoms with Crippen molar-refractivity contribution in [2.24, 2.45) is 0 Å². The van der Waals surface area contributed by atoms with E-state index in [4.69, 9.17) is 4.74 Å². The fourth-order valence-corrected chi connectivity index (χ4v) is 2.76. The van der Waals surface area contributed by atoms with Crippen molar-refractivity contribution >= 4 is 17.0 Å². The summed E-state index contributed by atoms with van der Waals surface area (Å²) in [6.07, 6.45) is 2.17. The number of anilines is 1. The van der Waals surface area contributed by atoms with Gasteiger partial charge in [0.25, 0.3) is 0 Å². The topological polar surface area (TPSA) is 34.1 Å². The summed E-state index contributed by atoms with van der Waals surface area (Å²) in [4.78, 5) is 5.76. The van der Waals surface area contributed by atoms with Gasteiger partial charge in [0.2, 0.25) is 0 Å². The van der Waals surface area contributed by atoms with Crippen LogP contribution in [0.25, 0.3) is 0 Å². The third-order valence-corrected chi connectivity index (χ3v) is 4.31. The summed E-state index contributed by atoms with van der Waals surface area (Å²) >= 11 is 1.77. The van der Waals surface area contributed by atoms with E-state index in [1.165, 1.54) is 9.88 Å². The zero-order chi connectivity index (χ0) is 15.5. The molecule has 0 spiro atoms. The Balaban J connectivity index is 1.92. The predicted molar refractivity (Wildman–Crippen MR) is 90.3 cm³/mol. The van der Waals surface area contributed by atoms with Gasteiger partial charge in [0.1, 0.15) is 5.75 Å². The van der Waals surface area contributed by atoms with Crippen LogP contribution in [0.15, 0.2) is 30.5 Å². The number of hydrogen-bond donors (Lipinski definition) is 1. The Hall–Kier alpha value is -1.55. The lowest BCUT2D eigenvalue weighted by Gasteiger charge is -2.13. The van der Waals surface area contributed by atoms with Crippen molar-refractivity contribution in [2.75, 3.05) is 5.32 Å². The minimum atomic E-state index is 0.124. The van der Waals surface area contributed by atoms with Gasteiger partial charge < -0.3 is 10.1 Å². The number of benzene rings is 1. The van der Waals surface area contributed by atoms with Crippen LogP contribution in [0.1, 0.15) is 44.5 Å². The molecule has 1 heterocycles. The normalized spacial score (nSPS) is 11.7. The molecule has 0 fully saturated rings. The number of nitrogens with zero attached hydrogens (tertiary/aromatic N) is 1. The highest BCUT2D eigenvalue weighted by molar-refractivity contribution is 7.11. The summed E-state index contributed by atoms with van der Waals surface area (Å²) in [6.45, 7) is 11.4. The van der Waals surface area contributed by atoms with Gasteiger partial charge in [0, 0.05) is 22.2 Å². The molecule has 0 radical (unpaired) electrons. The number of thiazole rings is 1. The van der Waals surface area contributed by atoms with E-state index in [1.54, 1.807) is 11.3 Å². The van der Waals surface area contributed by atoms with Crippen molar-refractivity contribution in [2.45, 2.75) is 52.7 Å². The zero-order valence-electron chi connectivity index (χ0n) is 13.4. The second-order valence-corrected chi connectivity index (χ2v) is 7.54. The summed E-state index contributed by atoms with van der Waals surface area (Å²) < 4.78 is 5.64. The SMILES string of the molecule is CC(C)Oc1ccc(NCc2cnc(C(C)(C)C)s2)cc1. The van der Waals surface area contributed by atoms with Gasteiger partial charge in [0.05, 0.1) is 17.7 Å². The van der Waals surface area contributed by atoms with Gasteiger partial charge in [-0.1, -0.05) is 20.8 Å². The molecule has 3 nitrogen and oxygen atoms in total. The Morgan fingerprint density at radius 1 is 1.19 bits per heavy atom. The molecule has 0 amide bonds. The highest BCUT2D eigenvalue weighted by Crippen LogP contribution is 2.27. The maximum Gasteiger partial charge on any atom is 0.119 e. The van der Waals surface area contributed by atoms with Gasteiger partial charge in [-0.25, -0.2) is 4.98 Å². The molecule has 1 aromatic carbocycles. The van der Waals surface area contributed by atoms with Gasteiger partial charge in [-0.05, 0) is 38.1 Å². The number of rotatable bonds is 5. The summed E-state index contributed by atoms with van der Waals surface area (Å²) in [7, 11) is 0. The van der Waals surface area contributed by atoms with Crippen LogP contribution in [0, 0.1) is 0 Å². The first-order chi connectivity index (χ1) is 9.84. The second kappa shape index (κ2) is 6.48. The van der Waals surface area contributed by atoms with Crippen molar-refractivity contribution < 1.29 is 4.74 Å². The molecular formula is C17H24N2OS.